The molecule has 4 heterocycles. The lowest BCUT2D eigenvalue weighted by Crippen LogP contribution is -2.56. The SMILES string of the molecule is Cc1nc(N2C3CCC2CN(CC(N)=O)C3)n2nc(CCC(C)(F)F)cc2n1. The van der Waals surface area contributed by atoms with Gasteiger partial charge in [-0.3, -0.25) is 9.69 Å². The first-order valence-electron chi connectivity index (χ1n) is 9.60. The van der Waals surface area contributed by atoms with Crippen molar-refractivity contribution in [2.24, 2.45) is 5.73 Å². The average Bonchev–Trinajstić information content (AvgIpc) is 3.09. The highest BCUT2D eigenvalue weighted by Crippen LogP contribution is 2.34. The molecule has 2 bridgehead atoms. The summed E-state index contributed by atoms with van der Waals surface area (Å²) >= 11 is 0. The monoisotopic (exact) mass is 393 g/mol. The molecular weight excluding hydrogens is 368 g/mol. The zero-order valence-corrected chi connectivity index (χ0v) is 16.1. The number of halogens is 2. The summed E-state index contributed by atoms with van der Waals surface area (Å²) in [6, 6.07) is 2.18. The summed E-state index contributed by atoms with van der Waals surface area (Å²) < 4.78 is 28.1. The highest BCUT2D eigenvalue weighted by molar-refractivity contribution is 5.76. The van der Waals surface area contributed by atoms with Crippen LogP contribution in [0.4, 0.5) is 14.7 Å². The number of amides is 1. The lowest BCUT2D eigenvalue weighted by molar-refractivity contribution is -0.119. The zero-order valence-electron chi connectivity index (χ0n) is 16.1. The number of anilines is 1. The summed E-state index contributed by atoms with van der Waals surface area (Å²) in [5.41, 5.74) is 6.56. The summed E-state index contributed by atoms with van der Waals surface area (Å²) in [7, 11) is 0. The van der Waals surface area contributed by atoms with Gasteiger partial charge < -0.3 is 10.6 Å². The van der Waals surface area contributed by atoms with E-state index in [2.05, 4.69) is 24.9 Å². The Morgan fingerprint density at radius 3 is 2.57 bits per heavy atom. The van der Waals surface area contributed by atoms with Crippen LogP contribution in [0.3, 0.4) is 0 Å². The third-order valence-corrected chi connectivity index (χ3v) is 5.46. The van der Waals surface area contributed by atoms with E-state index in [1.807, 2.05) is 6.92 Å². The number of fused-ring (bicyclic) bond motifs is 3. The van der Waals surface area contributed by atoms with Crippen LogP contribution in [-0.2, 0) is 11.2 Å². The number of carbonyl (C=O) groups is 1. The van der Waals surface area contributed by atoms with Crippen molar-refractivity contribution in [2.45, 2.75) is 57.5 Å². The van der Waals surface area contributed by atoms with Crippen molar-refractivity contribution in [1.29, 1.82) is 0 Å². The molecule has 2 aliphatic heterocycles. The van der Waals surface area contributed by atoms with Gasteiger partial charge in [0.25, 0.3) is 0 Å². The molecule has 2 fully saturated rings. The predicted molar refractivity (Wildman–Crippen MR) is 99.4 cm³/mol. The Morgan fingerprint density at radius 2 is 1.96 bits per heavy atom. The molecule has 0 aromatic carbocycles. The minimum atomic E-state index is -2.73. The molecule has 2 N–H and O–H groups in total. The van der Waals surface area contributed by atoms with Crippen LogP contribution in [0.2, 0.25) is 0 Å². The van der Waals surface area contributed by atoms with E-state index in [0.717, 1.165) is 32.9 Å². The number of aromatic nitrogens is 4. The van der Waals surface area contributed by atoms with Gasteiger partial charge >= 0.3 is 0 Å². The van der Waals surface area contributed by atoms with Crippen LogP contribution in [0.1, 0.15) is 37.7 Å². The second kappa shape index (κ2) is 6.91. The molecular formula is C18H25F2N7O. The molecule has 2 unspecified atom stereocenters. The largest absolute Gasteiger partial charge is 0.369 e. The summed E-state index contributed by atoms with van der Waals surface area (Å²) in [5, 5.41) is 4.53. The van der Waals surface area contributed by atoms with E-state index in [4.69, 9.17) is 5.73 Å². The van der Waals surface area contributed by atoms with Crippen LogP contribution in [0.5, 0.6) is 0 Å². The summed E-state index contributed by atoms with van der Waals surface area (Å²) in [4.78, 5) is 24.7. The molecule has 2 saturated heterocycles. The molecule has 2 aromatic heterocycles. The van der Waals surface area contributed by atoms with Crippen molar-refractivity contribution in [2.75, 3.05) is 24.5 Å². The molecule has 0 spiro atoms. The van der Waals surface area contributed by atoms with E-state index in [0.29, 0.717) is 23.1 Å². The van der Waals surface area contributed by atoms with Crippen LogP contribution in [-0.4, -0.2) is 68.0 Å². The van der Waals surface area contributed by atoms with Crippen molar-refractivity contribution in [1.82, 2.24) is 24.5 Å². The van der Waals surface area contributed by atoms with Crippen LogP contribution >= 0.6 is 0 Å². The second-order valence-corrected chi connectivity index (χ2v) is 8.00. The highest BCUT2D eigenvalue weighted by Gasteiger charge is 2.42. The second-order valence-electron chi connectivity index (χ2n) is 8.00. The number of rotatable bonds is 6. The van der Waals surface area contributed by atoms with Crippen LogP contribution in [0.25, 0.3) is 5.65 Å². The molecule has 2 aliphatic rings. The summed E-state index contributed by atoms with van der Waals surface area (Å²) in [6.07, 6.45) is 1.93. The molecule has 4 rings (SSSR count). The van der Waals surface area contributed by atoms with Crippen LogP contribution in [0, 0.1) is 6.92 Å². The number of nitrogens with two attached hydrogens (primary N) is 1. The van der Waals surface area contributed by atoms with E-state index in [9.17, 15) is 13.6 Å². The van der Waals surface area contributed by atoms with Gasteiger partial charge in [0.15, 0.2) is 5.65 Å². The third kappa shape index (κ3) is 3.78. The van der Waals surface area contributed by atoms with Crippen molar-refractivity contribution >= 4 is 17.5 Å². The van der Waals surface area contributed by atoms with Gasteiger partial charge in [0.2, 0.25) is 17.8 Å². The molecule has 152 valence electrons. The number of piperazine rings is 1. The topological polar surface area (TPSA) is 92.7 Å². The quantitative estimate of drug-likeness (QED) is 0.792. The Bertz CT molecular complexity index is 880. The van der Waals surface area contributed by atoms with Crippen molar-refractivity contribution in [3.05, 3.63) is 17.6 Å². The maximum Gasteiger partial charge on any atom is 0.245 e. The number of aryl methyl sites for hydroxylation is 2. The van der Waals surface area contributed by atoms with Gasteiger partial charge in [-0.1, -0.05) is 0 Å². The van der Waals surface area contributed by atoms with Gasteiger partial charge in [-0.15, -0.1) is 0 Å². The van der Waals surface area contributed by atoms with Gasteiger partial charge in [-0.25, -0.2) is 13.8 Å². The Morgan fingerprint density at radius 1 is 1.29 bits per heavy atom. The van der Waals surface area contributed by atoms with Gasteiger partial charge in [-0.05, 0) is 33.1 Å². The molecule has 2 aromatic rings. The Balaban J connectivity index is 1.63. The van der Waals surface area contributed by atoms with Gasteiger partial charge in [0, 0.05) is 37.7 Å². The molecule has 28 heavy (non-hydrogen) atoms. The Kier molecular flexibility index (Phi) is 4.68. The average molecular weight is 393 g/mol. The smallest absolute Gasteiger partial charge is 0.245 e. The predicted octanol–water partition coefficient (Wildman–Crippen LogP) is 1.16. The fraction of sp³-hybridized carbons (Fsp3) is 0.667. The number of primary amides is 1. The summed E-state index contributed by atoms with van der Waals surface area (Å²) in [6.45, 7) is 4.47. The fourth-order valence-corrected chi connectivity index (χ4v) is 4.33. The summed E-state index contributed by atoms with van der Waals surface area (Å²) in [5.74, 6) is -1.73. The zero-order chi connectivity index (χ0) is 20.1. The number of hydrogen-bond donors (Lipinski definition) is 1. The van der Waals surface area contributed by atoms with Crippen LogP contribution in [0.15, 0.2) is 6.07 Å². The number of hydrogen-bond acceptors (Lipinski definition) is 6. The van der Waals surface area contributed by atoms with E-state index in [1.165, 1.54) is 0 Å². The number of likely N-dealkylation sites (tertiary alicyclic amines) is 1. The van der Waals surface area contributed by atoms with Gasteiger partial charge in [0.05, 0.1) is 12.2 Å². The lowest BCUT2D eigenvalue weighted by atomic mass is 10.1. The van der Waals surface area contributed by atoms with Gasteiger partial charge in [0.1, 0.15) is 5.82 Å². The van der Waals surface area contributed by atoms with E-state index in [1.54, 1.807) is 10.6 Å². The van der Waals surface area contributed by atoms with E-state index in [-0.39, 0.29) is 37.4 Å². The molecule has 0 radical (unpaired) electrons. The highest BCUT2D eigenvalue weighted by atomic mass is 19.3. The number of nitrogens with zero attached hydrogens (tertiary/aromatic N) is 6. The molecule has 8 nitrogen and oxygen atoms in total. The number of alkyl halides is 2. The first-order valence-corrected chi connectivity index (χ1v) is 9.60. The van der Waals surface area contributed by atoms with Crippen molar-refractivity contribution in [3.8, 4) is 0 Å². The fourth-order valence-electron chi connectivity index (χ4n) is 4.33. The Hall–Kier alpha value is -2.36. The first kappa shape index (κ1) is 19.0. The lowest BCUT2D eigenvalue weighted by Gasteiger charge is -2.41. The van der Waals surface area contributed by atoms with Crippen molar-refractivity contribution in [3.63, 3.8) is 0 Å². The number of carbonyl (C=O) groups excluding carboxylic acids is 1. The minimum absolute atomic E-state index is 0.185. The molecule has 0 aliphatic carbocycles. The van der Waals surface area contributed by atoms with E-state index < -0.39 is 5.92 Å². The molecule has 2 atom stereocenters. The normalized spacial score (nSPS) is 22.9. The van der Waals surface area contributed by atoms with Crippen LogP contribution < -0.4 is 10.6 Å². The third-order valence-electron chi connectivity index (χ3n) is 5.46. The van der Waals surface area contributed by atoms with Gasteiger partial charge in [-0.2, -0.15) is 14.6 Å². The van der Waals surface area contributed by atoms with Crippen molar-refractivity contribution < 1.29 is 13.6 Å². The van der Waals surface area contributed by atoms with E-state index >= 15 is 0 Å². The molecule has 0 saturated carbocycles. The maximum atomic E-state index is 13.2. The molecule has 1 amide bonds. The minimum Gasteiger partial charge on any atom is -0.369 e. The first-order chi connectivity index (χ1) is 13.2. The molecule has 10 heteroatoms. The standard InChI is InChI=1S/C18H25F2N7O/c1-11-22-16-7-12(5-6-18(2,19)20)24-27(16)17(23-11)26-13-3-4-14(26)9-25(8-13)10-15(21)28/h7,13-14H,3-6,8-10H2,1-2H3,(H2,21,28). The maximum absolute atomic E-state index is 13.2. The Labute approximate surface area is 161 Å².